The number of hydrogen-bond donors (Lipinski definition) is 1. The van der Waals surface area contributed by atoms with Crippen LogP contribution in [-0.4, -0.2) is 24.6 Å². The minimum atomic E-state index is -0.167. The van der Waals surface area contributed by atoms with Crippen LogP contribution in [0, 0.1) is 11.7 Å². The molecule has 1 aliphatic rings. The highest BCUT2D eigenvalue weighted by molar-refractivity contribution is 5.45. The van der Waals surface area contributed by atoms with E-state index in [4.69, 9.17) is 0 Å². The summed E-state index contributed by atoms with van der Waals surface area (Å²) in [7, 11) is 1.83. The lowest BCUT2D eigenvalue weighted by Crippen LogP contribution is -2.34. The molecule has 0 radical (unpaired) electrons. The average Bonchev–Trinajstić information content (AvgIpc) is 2.81. The van der Waals surface area contributed by atoms with Crippen LogP contribution in [0.4, 0.5) is 10.2 Å². The lowest BCUT2D eigenvalue weighted by Gasteiger charge is -2.29. The van der Waals surface area contributed by atoms with Gasteiger partial charge in [-0.05, 0) is 31.9 Å². The monoisotopic (exact) mass is 251 g/mol. The number of anilines is 1. The zero-order valence-corrected chi connectivity index (χ0v) is 11.4. The molecule has 0 amide bonds. The normalized spacial score (nSPS) is 19.8. The molecule has 0 aromatic carbocycles. The van der Waals surface area contributed by atoms with Gasteiger partial charge in [0.25, 0.3) is 0 Å². The number of pyridine rings is 1. The van der Waals surface area contributed by atoms with Gasteiger partial charge in [-0.15, -0.1) is 0 Å². The second-order valence-electron chi connectivity index (χ2n) is 5.28. The van der Waals surface area contributed by atoms with Gasteiger partial charge in [-0.25, -0.2) is 9.37 Å². The van der Waals surface area contributed by atoms with E-state index in [0.717, 1.165) is 19.4 Å². The molecule has 0 saturated carbocycles. The average molecular weight is 251 g/mol. The molecule has 0 aliphatic carbocycles. The third-order valence-electron chi connectivity index (χ3n) is 3.66. The molecule has 1 saturated heterocycles. The Morgan fingerprint density at radius 1 is 1.56 bits per heavy atom. The lowest BCUT2D eigenvalue weighted by molar-refractivity contribution is 0.481. The van der Waals surface area contributed by atoms with Gasteiger partial charge in [-0.1, -0.05) is 13.8 Å². The second kappa shape index (κ2) is 5.65. The summed E-state index contributed by atoms with van der Waals surface area (Å²) in [5.41, 5.74) is 0.692. The second-order valence-corrected chi connectivity index (χ2v) is 5.28. The van der Waals surface area contributed by atoms with Gasteiger partial charge in [0, 0.05) is 30.9 Å². The molecule has 0 bridgehead atoms. The van der Waals surface area contributed by atoms with Gasteiger partial charge in [0.2, 0.25) is 0 Å². The van der Waals surface area contributed by atoms with Gasteiger partial charge in [-0.3, -0.25) is 0 Å². The molecule has 18 heavy (non-hydrogen) atoms. The fraction of sp³-hybridized carbons (Fsp3) is 0.643. The fourth-order valence-corrected chi connectivity index (χ4v) is 2.75. The number of nitrogens with zero attached hydrogens (tertiary/aromatic N) is 2. The Hall–Kier alpha value is -1.16. The number of rotatable bonds is 4. The summed E-state index contributed by atoms with van der Waals surface area (Å²) in [6, 6.07) is 2.16. The van der Waals surface area contributed by atoms with E-state index >= 15 is 0 Å². The molecule has 2 heterocycles. The molecular weight excluding hydrogens is 229 g/mol. The molecule has 1 aromatic rings. The quantitative estimate of drug-likeness (QED) is 0.891. The zero-order valence-electron chi connectivity index (χ0n) is 11.4. The summed E-state index contributed by atoms with van der Waals surface area (Å²) < 4.78 is 14.4. The first-order valence-corrected chi connectivity index (χ1v) is 6.69. The molecular formula is C14H22FN3. The van der Waals surface area contributed by atoms with Crippen molar-refractivity contribution in [3.8, 4) is 0 Å². The Balaban J connectivity index is 2.30. The van der Waals surface area contributed by atoms with Gasteiger partial charge < -0.3 is 10.2 Å². The minimum Gasteiger partial charge on any atom is -0.351 e. The van der Waals surface area contributed by atoms with Crippen LogP contribution in [0.1, 0.15) is 32.3 Å². The van der Waals surface area contributed by atoms with Crippen molar-refractivity contribution in [3.05, 3.63) is 23.6 Å². The van der Waals surface area contributed by atoms with Crippen molar-refractivity contribution in [2.45, 2.75) is 39.3 Å². The van der Waals surface area contributed by atoms with E-state index in [1.165, 1.54) is 0 Å². The van der Waals surface area contributed by atoms with Crippen molar-refractivity contribution in [1.29, 1.82) is 0 Å². The fourth-order valence-electron chi connectivity index (χ4n) is 2.75. The molecule has 100 valence electrons. The summed E-state index contributed by atoms with van der Waals surface area (Å²) in [4.78, 5) is 6.40. The van der Waals surface area contributed by atoms with Gasteiger partial charge in [-0.2, -0.15) is 0 Å². The van der Waals surface area contributed by atoms with E-state index in [0.29, 0.717) is 29.9 Å². The Bertz CT molecular complexity index is 406. The van der Waals surface area contributed by atoms with Crippen LogP contribution in [0.2, 0.25) is 0 Å². The smallest absolute Gasteiger partial charge is 0.170 e. The predicted octanol–water partition coefficient (Wildman–Crippen LogP) is 2.56. The number of nitrogens with one attached hydrogen (secondary N) is 1. The Morgan fingerprint density at radius 3 is 3.00 bits per heavy atom. The highest BCUT2D eigenvalue weighted by Crippen LogP contribution is 2.30. The van der Waals surface area contributed by atoms with E-state index in [9.17, 15) is 4.39 Å². The minimum absolute atomic E-state index is 0.167. The van der Waals surface area contributed by atoms with Gasteiger partial charge in [0.05, 0.1) is 0 Å². The Kier molecular flexibility index (Phi) is 4.17. The third-order valence-corrected chi connectivity index (χ3v) is 3.66. The summed E-state index contributed by atoms with van der Waals surface area (Å²) in [5.74, 6) is 0.889. The molecule has 4 heteroatoms. The van der Waals surface area contributed by atoms with E-state index in [1.54, 1.807) is 12.3 Å². The van der Waals surface area contributed by atoms with Crippen LogP contribution in [0.15, 0.2) is 12.3 Å². The van der Waals surface area contributed by atoms with Crippen LogP contribution in [0.3, 0.4) is 0 Å². The molecule has 0 spiro atoms. The Morgan fingerprint density at radius 2 is 2.33 bits per heavy atom. The van der Waals surface area contributed by atoms with Gasteiger partial charge in [0.1, 0.15) is 0 Å². The molecule has 1 N–H and O–H groups in total. The van der Waals surface area contributed by atoms with Crippen molar-refractivity contribution in [3.63, 3.8) is 0 Å². The molecule has 1 aliphatic heterocycles. The highest BCUT2D eigenvalue weighted by Gasteiger charge is 2.30. The summed E-state index contributed by atoms with van der Waals surface area (Å²) >= 11 is 0. The van der Waals surface area contributed by atoms with Gasteiger partial charge in [0.15, 0.2) is 11.6 Å². The largest absolute Gasteiger partial charge is 0.351 e. The van der Waals surface area contributed by atoms with E-state index in [-0.39, 0.29) is 5.82 Å². The van der Waals surface area contributed by atoms with Crippen molar-refractivity contribution >= 4 is 5.82 Å². The maximum absolute atomic E-state index is 14.4. The van der Waals surface area contributed by atoms with E-state index < -0.39 is 0 Å². The molecule has 1 unspecified atom stereocenters. The standard InChI is InChI=1S/C14H22FN3/c1-10(2)12-5-4-8-18(12)14-13(15)11(9-16-3)6-7-17-14/h6-7,10,12,16H,4-5,8-9H2,1-3H3. The summed E-state index contributed by atoms with van der Waals surface area (Å²) in [6.07, 6.45) is 3.97. The maximum atomic E-state index is 14.4. The van der Waals surface area contributed by atoms with E-state index in [1.807, 2.05) is 7.05 Å². The SMILES string of the molecule is CNCc1ccnc(N2CCCC2C(C)C)c1F. The lowest BCUT2D eigenvalue weighted by atomic mass is 10.0. The summed E-state index contributed by atoms with van der Waals surface area (Å²) in [5, 5.41) is 2.99. The van der Waals surface area contributed by atoms with Crippen molar-refractivity contribution in [2.75, 3.05) is 18.5 Å². The molecule has 3 nitrogen and oxygen atoms in total. The van der Waals surface area contributed by atoms with E-state index in [2.05, 4.69) is 29.0 Å². The van der Waals surface area contributed by atoms with Crippen molar-refractivity contribution in [2.24, 2.45) is 5.92 Å². The molecule has 1 aromatic heterocycles. The van der Waals surface area contributed by atoms with Crippen LogP contribution in [-0.2, 0) is 6.54 Å². The van der Waals surface area contributed by atoms with Crippen LogP contribution in [0.25, 0.3) is 0 Å². The number of hydrogen-bond acceptors (Lipinski definition) is 3. The highest BCUT2D eigenvalue weighted by atomic mass is 19.1. The third kappa shape index (κ3) is 2.48. The first kappa shape index (κ1) is 13.3. The first-order chi connectivity index (χ1) is 8.65. The first-order valence-electron chi connectivity index (χ1n) is 6.69. The van der Waals surface area contributed by atoms with Gasteiger partial charge >= 0.3 is 0 Å². The number of halogens is 1. The Labute approximate surface area is 108 Å². The molecule has 1 fully saturated rings. The van der Waals surface area contributed by atoms with Crippen LogP contribution < -0.4 is 10.2 Å². The summed E-state index contributed by atoms with van der Waals surface area (Å²) in [6.45, 7) is 5.84. The zero-order chi connectivity index (χ0) is 13.1. The molecule has 1 atom stereocenters. The maximum Gasteiger partial charge on any atom is 0.170 e. The van der Waals surface area contributed by atoms with Crippen molar-refractivity contribution < 1.29 is 4.39 Å². The molecule has 2 rings (SSSR count). The van der Waals surface area contributed by atoms with Crippen LogP contribution >= 0.6 is 0 Å². The van der Waals surface area contributed by atoms with Crippen LogP contribution in [0.5, 0.6) is 0 Å². The topological polar surface area (TPSA) is 28.2 Å². The predicted molar refractivity (Wildman–Crippen MR) is 72.2 cm³/mol. The number of aromatic nitrogens is 1. The van der Waals surface area contributed by atoms with Crippen molar-refractivity contribution in [1.82, 2.24) is 10.3 Å².